The lowest BCUT2D eigenvalue weighted by Crippen LogP contribution is -2.12. The minimum absolute atomic E-state index is 0.228. The average Bonchev–Trinajstić information content (AvgIpc) is 3.28. The van der Waals surface area contributed by atoms with Crippen molar-refractivity contribution in [2.75, 3.05) is 17.2 Å². The fourth-order valence-electron chi connectivity index (χ4n) is 4.44. The van der Waals surface area contributed by atoms with Crippen molar-refractivity contribution in [2.45, 2.75) is 20.0 Å². The summed E-state index contributed by atoms with van der Waals surface area (Å²) >= 11 is 0. The molecule has 6 heteroatoms. The summed E-state index contributed by atoms with van der Waals surface area (Å²) in [6.07, 6.45) is 0. The second-order valence-corrected chi connectivity index (χ2v) is 8.96. The molecule has 4 aromatic rings. The van der Waals surface area contributed by atoms with Crippen molar-refractivity contribution in [3.63, 3.8) is 0 Å². The Labute approximate surface area is 222 Å². The third kappa shape index (κ3) is 5.66. The lowest BCUT2D eigenvalue weighted by atomic mass is 9.99. The number of esters is 1. The van der Waals surface area contributed by atoms with Crippen molar-refractivity contribution in [3.05, 3.63) is 131 Å². The number of rotatable bonds is 9. The quantitative estimate of drug-likeness (QED) is 0.190. The monoisotopic (exact) mass is 503 g/mol. The number of carbonyl (C=O) groups is 2. The van der Waals surface area contributed by atoms with Crippen molar-refractivity contribution in [3.8, 4) is 0 Å². The predicted molar refractivity (Wildman–Crippen MR) is 151 cm³/mol. The SMILES string of the molecule is CCOC(=O)c1ccc2c(c1)NC(=O)C2=C(Nc1ccc(CNCc2ccccc2)cc1)c1ccccc1. The third-order valence-electron chi connectivity index (χ3n) is 6.31. The molecule has 0 bridgehead atoms. The molecule has 1 aliphatic rings. The maximum atomic E-state index is 13.2. The van der Waals surface area contributed by atoms with E-state index in [-0.39, 0.29) is 12.5 Å². The van der Waals surface area contributed by atoms with E-state index in [0.717, 1.165) is 35.5 Å². The Kier molecular flexibility index (Phi) is 7.62. The normalized spacial score (nSPS) is 13.4. The van der Waals surface area contributed by atoms with Crippen molar-refractivity contribution in [1.82, 2.24) is 5.32 Å². The minimum atomic E-state index is -0.415. The van der Waals surface area contributed by atoms with Crippen LogP contribution in [0.15, 0.2) is 103 Å². The summed E-state index contributed by atoms with van der Waals surface area (Å²) in [5, 5.41) is 9.87. The van der Waals surface area contributed by atoms with Crippen LogP contribution in [0.5, 0.6) is 0 Å². The third-order valence-corrected chi connectivity index (χ3v) is 6.31. The average molecular weight is 504 g/mol. The highest BCUT2D eigenvalue weighted by Gasteiger charge is 2.29. The molecule has 38 heavy (non-hydrogen) atoms. The van der Waals surface area contributed by atoms with Gasteiger partial charge in [0.25, 0.3) is 5.91 Å². The van der Waals surface area contributed by atoms with Crippen LogP contribution in [-0.4, -0.2) is 18.5 Å². The molecule has 6 nitrogen and oxygen atoms in total. The Hall–Kier alpha value is -4.68. The van der Waals surface area contributed by atoms with E-state index in [4.69, 9.17) is 4.74 Å². The highest BCUT2D eigenvalue weighted by molar-refractivity contribution is 6.37. The van der Waals surface area contributed by atoms with Gasteiger partial charge in [-0.05, 0) is 47.9 Å². The van der Waals surface area contributed by atoms with Gasteiger partial charge in [0.05, 0.1) is 29.1 Å². The second-order valence-electron chi connectivity index (χ2n) is 8.96. The van der Waals surface area contributed by atoms with Gasteiger partial charge in [0, 0.05) is 24.3 Å². The summed E-state index contributed by atoms with van der Waals surface area (Å²) in [4.78, 5) is 25.4. The number of fused-ring (bicyclic) bond motifs is 1. The van der Waals surface area contributed by atoms with E-state index in [2.05, 4.69) is 40.2 Å². The minimum Gasteiger partial charge on any atom is -0.462 e. The molecule has 5 rings (SSSR count). The first-order valence-electron chi connectivity index (χ1n) is 12.7. The Bertz CT molecular complexity index is 1460. The van der Waals surface area contributed by atoms with E-state index in [1.807, 2.05) is 60.7 Å². The predicted octanol–water partition coefficient (Wildman–Crippen LogP) is 6.09. The first kappa shape index (κ1) is 25.0. The zero-order chi connectivity index (χ0) is 26.3. The lowest BCUT2D eigenvalue weighted by Gasteiger charge is -2.15. The molecule has 190 valence electrons. The summed E-state index contributed by atoms with van der Waals surface area (Å²) in [5.41, 5.74) is 7.10. The largest absolute Gasteiger partial charge is 0.462 e. The summed E-state index contributed by atoms with van der Waals surface area (Å²) in [7, 11) is 0. The molecular formula is C32H29N3O3. The van der Waals surface area contributed by atoms with Crippen molar-refractivity contribution in [2.24, 2.45) is 0 Å². The van der Waals surface area contributed by atoms with E-state index < -0.39 is 5.97 Å². The number of hydrogen-bond acceptors (Lipinski definition) is 5. The van der Waals surface area contributed by atoms with E-state index in [9.17, 15) is 9.59 Å². The number of anilines is 2. The maximum absolute atomic E-state index is 13.2. The van der Waals surface area contributed by atoms with Crippen LogP contribution in [0.25, 0.3) is 11.3 Å². The Morgan fingerprint density at radius 3 is 2.13 bits per heavy atom. The van der Waals surface area contributed by atoms with Crippen molar-refractivity contribution < 1.29 is 14.3 Å². The molecule has 0 spiro atoms. The van der Waals surface area contributed by atoms with Crippen LogP contribution in [0, 0.1) is 0 Å². The van der Waals surface area contributed by atoms with Crippen LogP contribution >= 0.6 is 0 Å². The number of amides is 1. The van der Waals surface area contributed by atoms with Crippen molar-refractivity contribution in [1.29, 1.82) is 0 Å². The van der Waals surface area contributed by atoms with Gasteiger partial charge in [0.1, 0.15) is 0 Å². The summed E-state index contributed by atoms with van der Waals surface area (Å²) in [5.74, 6) is -0.643. The van der Waals surface area contributed by atoms with Gasteiger partial charge < -0.3 is 20.7 Å². The Morgan fingerprint density at radius 1 is 0.789 bits per heavy atom. The fourth-order valence-corrected chi connectivity index (χ4v) is 4.44. The topological polar surface area (TPSA) is 79.5 Å². The van der Waals surface area contributed by atoms with Crippen LogP contribution in [0.3, 0.4) is 0 Å². The smallest absolute Gasteiger partial charge is 0.338 e. The van der Waals surface area contributed by atoms with Gasteiger partial charge >= 0.3 is 5.97 Å². The van der Waals surface area contributed by atoms with Crippen LogP contribution < -0.4 is 16.0 Å². The van der Waals surface area contributed by atoms with Crippen LogP contribution in [0.2, 0.25) is 0 Å². The zero-order valence-corrected chi connectivity index (χ0v) is 21.2. The molecule has 0 aromatic heterocycles. The molecule has 1 amide bonds. The second kappa shape index (κ2) is 11.6. The number of carbonyl (C=O) groups excluding carboxylic acids is 2. The number of benzene rings is 4. The van der Waals surface area contributed by atoms with Gasteiger partial charge in [0.15, 0.2) is 0 Å². The van der Waals surface area contributed by atoms with Gasteiger partial charge in [-0.15, -0.1) is 0 Å². The highest BCUT2D eigenvalue weighted by Crippen LogP contribution is 2.38. The maximum Gasteiger partial charge on any atom is 0.338 e. The van der Waals surface area contributed by atoms with E-state index in [1.54, 1.807) is 25.1 Å². The molecule has 0 atom stereocenters. The highest BCUT2D eigenvalue weighted by atomic mass is 16.5. The summed E-state index contributed by atoms with van der Waals surface area (Å²) in [6.45, 7) is 3.61. The van der Waals surface area contributed by atoms with E-state index in [0.29, 0.717) is 22.5 Å². The number of nitrogens with one attached hydrogen (secondary N) is 3. The van der Waals surface area contributed by atoms with E-state index >= 15 is 0 Å². The van der Waals surface area contributed by atoms with Gasteiger partial charge in [-0.1, -0.05) is 78.9 Å². The van der Waals surface area contributed by atoms with Gasteiger partial charge in [-0.25, -0.2) is 4.79 Å². The molecule has 0 radical (unpaired) electrons. The van der Waals surface area contributed by atoms with Gasteiger partial charge in [-0.2, -0.15) is 0 Å². The molecule has 1 aliphatic heterocycles. The van der Waals surface area contributed by atoms with E-state index in [1.165, 1.54) is 5.56 Å². The van der Waals surface area contributed by atoms with Gasteiger partial charge in [0.2, 0.25) is 0 Å². The van der Waals surface area contributed by atoms with Crippen LogP contribution in [-0.2, 0) is 22.6 Å². The molecule has 4 aromatic carbocycles. The number of ether oxygens (including phenoxy) is 1. The fraction of sp³-hybridized carbons (Fsp3) is 0.125. The first-order valence-corrected chi connectivity index (χ1v) is 12.7. The first-order chi connectivity index (χ1) is 18.6. The summed E-state index contributed by atoms with van der Waals surface area (Å²) < 4.78 is 5.11. The van der Waals surface area contributed by atoms with Gasteiger partial charge in [-0.3, -0.25) is 4.79 Å². The molecular weight excluding hydrogens is 474 g/mol. The Balaban J connectivity index is 1.40. The summed E-state index contributed by atoms with van der Waals surface area (Å²) in [6, 6.07) is 33.4. The Morgan fingerprint density at radius 2 is 1.45 bits per heavy atom. The molecule has 1 heterocycles. The lowest BCUT2D eigenvalue weighted by molar-refractivity contribution is -0.110. The number of hydrogen-bond donors (Lipinski definition) is 3. The standard InChI is InChI=1S/C32H29N3O3/c1-2-38-32(37)25-15-18-27-28(19-25)35-31(36)29(27)30(24-11-7-4-8-12-24)34-26-16-13-23(14-17-26)21-33-20-22-9-5-3-6-10-22/h3-19,33-34H,2,20-21H2,1H3,(H,35,36). The molecule has 0 saturated carbocycles. The van der Waals surface area contributed by atoms with Crippen molar-refractivity contribution >= 4 is 34.5 Å². The molecule has 3 N–H and O–H groups in total. The molecule has 0 aliphatic carbocycles. The van der Waals surface area contributed by atoms with Crippen LogP contribution in [0.4, 0.5) is 11.4 Å². The molecule has 0 saturated heterocycles. The molecule has 0 unspecified atom stereocenters. The zero-order valence-electron chi connectivity index (χ0n) is 21.2. The molecule has 0 fully saturated rings. The van der Waals surface area contributed by atoms with Crippen LogP contribution in [0.1, 0.15) is 39.5 Å².